The predicted octanol–water partition coefficient (Wildman–Crippen LogP) is 20.6. The first kappa shape index (κ1) is 69.9. The molecule has 0 aliphatic rings. The van der Waals surface area contributed by atoms with Crippen molar-refractivity contribution in [3.8, 4) is 0 Å². The second-order valence-electron chi connectivity index (χ2n) is 22.8. The average molecular weight is 1000 g/mol. The van der Waals surface area contributed by atoms with E-state index in [1.807, 2.05) is 0 Å². The van der Waals surface area contributed by atoms with Gasteiger partial charge in [-0.05, 0) is 25.7 Å². The van der Waals surface area contributed by atoms with Crippen molar-refractivity contribution in [2.75, 3.05) is 13.2 Å². The van der Waals surface area contributed by atoms with E-state index in [0.29, 0.717) is 25.9 Å². The highest BCUT2D eigenvalue weighted by Gasteiger charge is 2.20. The third-order valence-electron chi connectivity index (χ3n) is 15.7. The average Bonchev–Trinajstić information content (AvgIpc) is 3.37. The standard InChI is InChI=1S/C65H129NO5/c1-3-5-7-9-11-13-15-17-19-20-21-22-23-24-27-30-33-37-41-45-49-53-57-63(68)62(61-67)66-64(69)58-54-50-46-42-38-34-31-28-25-26-29-32-36-40-44-48-52-56-60-71-65(70)59-55-51-47-43-39-35-18-16-14-12-10-8-6-4-2/h62-63,67-68H,3-61H2,1-2H3,(H,66,69). The first-order chi connectivity index (χ1) is 35.0. The normalized spacial score (nSPS) is 12.5. The van der Waals surface area contributed by atoms with E-state index in [0.717, 1.165) is 38.5 Å². The number of aliphatic hydroxyl groups is 2. The highest BCUT2D eigenvalue weighted by atomic mass is 16.5. The Morgan fingerprint density at radius 2 is 0.577 bits per heavy atom. The molecule has 0 aliphatic heterocycles. The summed E-state index contributed by atoms with van der Waals surface area (Å²) in [4.78, 5) is 24.6. The Kier molecular flexibility index (Phi) is 60.4. The fraction of sp³-hybridized carbons (Fsp3) is 0.969. The number of nitrogens with one attached hydrogen (secondary N) is 1. The van der Waals surface area contributed by atoms with Gasteiger partial charge in [0.05, 0.1) is 25.4 Å². The minimum Gasteiger partial charge on any atom is -0.466 e. The van der Waals surface area contributed by atoms with Crippen LogP contribution >= 0.6 is 0 Å². The second-order valence-corrected chi connectivity index (χ2v) is 22.8. The Morgan fingerprint density at radius 1 is 0.338 bits per heavy atom. The van der Waals surface area contributed by atoms with Crippen molar-refractivity contribution in [3.63, 3.8) is 0 Å². The number of ether oxygens (including phenoxy) is 1. The molecule has 2 unspecified atom stereocenters. The molecule has 0 spiro atoms. The molecule has 3 N–H and O–H groups in total. The van der Waals surface area contributed by atoms with Gasteiger partial charge in [0.25, 0.3) is 0 Å². The lowest BCUT2D eigenvalue weighted by Gasteiger charge is -2.22. The van der Waals surface area contributed by atoms with Gasteiger partial charge in [-0.1, -0.05) is 341 Å². The summed E-state index contributed by atoms with van der Waals surface area (Å²) in [5, 5.41) is 23.4. The van der Waals surface area contributed by atoms with E-state index in [1.54, 1.807) is 0 Å². The summed E-state index contributed by atoms with van der Waals surface area (Å²) in [6.07, 6.45) is 72.6. The smallest absolute Gasteiger partial charge is 0.305 e. The van der Waals surface area contributed by atoms with Gasteiger partial charge in [0, 0.05) is 12.8 Å². The van der Waals surface area contributed by atoms with Crippen LogP contribution in [0.1, 0.15) is 380 Å². The number of unbranched alkanes of at least 4 members (excludes halogenated alkanes) is 51. The maximum Gasteiger partial charge on any atom is 0.305 e. The summed E-state index contributed by atoms with van der Waals surface area (Å²) < 4.78 is 5.49. The number of carbonyl (C=O) groups excluding carboxylic acids is 2. The van der Waals surface area contributed by atoms with E-state index in [-0.39, 0.29) is 18.5 Å². The molecule has 0 aliphatic carbocycles. The third kappa shape index (κ3) is 58.0. The summed E-state index contributed by atoms with van der Waals surface area (Å²) in [5.74, 6) is -0.0226. The van der Waals surface area contributed by atoms with Crippen molar-refractivity contribution in [2.24, 2.45) is 0 Å². The SMILES string of the molecule is CCCCCCCCCCCCCCCCCCCCCCCCC(O)C(CO)NC(=O)CCCCCCCCCCCCCCCCCCCCOC(=O)CCCCCCCCCCCCCCCC. The van der Waals surface area contributed by atoms with E-state index in [1.165, 1.54) is 308 Å². The largest absolute Gasteiger partial charge is 0.466 e. The van der Waals surface area contributed by atoms with Gasteiger partial charge in [0.15, 0.2) is 0 Å². The fourth-order valence-electron chi connectivity index (χ4n) is 10.6. The van der Waals surface area contributed by atoms with Gasteiger partial charge in [-0.3, -0.25) is 9.59 Å². The Morgan fingerprint density at radius 3 is 0.859 bits per heavy atom. The maximum absolute atomic E-state index is 12.5. The monoisotopic (exact) mass is 1000 g/mol. The van der Waals surface area contributed by atoms with Crippen LogP contribution < -0.4 is 5.32 Å². The maximum atomic E-state index is 12.5. The van der Waals surface area contributed by atoms with E-state index in [9.17, 15) is 19.8 Å². The van der Waals surface area contributed by atoms with Crippen LogP contribution in [0.15, 0.2) is 0 Å². The van der Waals surface area contributed by atoms with Crippen molar-refractivity contribution in [1.82, 2.24) is 5.32 Å². The van der Waals surface area contributed by atoms with Crippen LogP contribution in [0.5, 0.6) is 0 Å². The Labute approximate surface area is 445 Å². The number of amides is 1. The number of aliphatic hydroxyl groups excluding tert-OH is 2. The molecule has 2 atom stereocenters. The molecule has 424 valence electrons. The summed E-state index contributed by atoms with van der Waals surface area (Å²) in [7, 11) is 0. The molecule has 0 aromatic heterocycles. The number of hydrogen-bond donors (Lipinski definition) is 3. The number of rotatable bonds is 62. The van der Waals surface area contributed by atoms with Crippen LogP contribution in [-0.4, -0.2) is 47.4 Å². The van der Waals surface area contributed by atoms with Crippen molar-refractivity contribution < 1.29 is 24.5 Å². The molecule has 0 bridgehead atoms. The van der Waals surface area contributed by atoms with Gasteiger partial charge >= 0.3 is 5.97 Å². The number of esters is 1. The summed E-state index contributed by atoms with van der Waals surface area (Å²) >= 11 is 0. The van der Waals surface area contributed by atoms with Crippen LogP contribution in [0.2, 0.25) is 0 Å². The number of hydrogen-bond acceptors (Lipinski definition) is 5. The van der Waals surface area contributed by atoms with Crippen molar-refractivity contribution >= 4 is 11.9 Å². The van der Waals surface area contributed by atoms with Crippen LogP contribution in [0, 0.1) is 0 Å². The second kappa shape index (κ2) is 61.4. The van der Waals surface area contributed by atoms with Crippen molar-refractivity contribution in [2.45, 2.75) is 392 Å². The molecule has 0 saturated heterocycles. The lowest BCUT2D eigenvalue weighted by Crippen LogP contribution is -2.45. The van der Waals surface area contributed by atoms with E-state index in [4.69, 9.17) is 4.74 Å². The molecular formula is C65H129NO5. The fourth-order valence-corrected chi connectivity index (χ4v) is 10.6. The molecule has 0 fully saturated rings. The molecule has 6 nitrogen and oxygen atoms in total. The highest BCUT2D eigenvalue weighted by molar-refractivity contribution is 5.76. The molecular weight excluding hydrogens is 875 g/mol. The third-order valence-corrected chi connectivity index (χ3v) is 15.7. The molecule has 6 heteroatoms. The minimum absolute atomic E-state index is 0.0111. The zero-order chi connectivity index (χ0) is 51.4. The van der Waals surface area contributed by atoms with Crippen LogP contribution in [-0.2, 0) is 14.3 Å². The van der Waals surface area contributed by atoms with Gasteiger partial charge in [0.1, 0.15) is 0 Å². The van der Waals surface area contributed by atoms with Crippen LogP contribution in [0.3, 0.4) is 0 Å². The molecule has 1 amide bonds. The molecule has 71 heavy (non-hydrogen) atoms. The van der Waals surface area contributed by atoms with Crippen molar-refractivity contribution in [3.05, 3.63) is 0 Å². The zero-order valence-electron chi connectivity index (χ0n) is 48.5. The lowest BCUT2D eigenvalue weighted by molar-refractivity contribution is -0.143. The van der Waals surface area contributed by atoms with Gasteiger partial charge in [-0.15, -0.1) is 0 Å². The Balaban J connectivity index is 3.39. The molecule has 0 aromatic carbocycles. The quantitative estimate of drug-likeness (QED) is 0.0417. The lowest BCUT2D eigenvalue weighted by atomic mass is 10.0. The van der Waals surface area contributed by atoms with E-state index >= 15 is 0 Å². The van der Waals surface area contributed by atoms with Gasteiger partial charge in [-0.25, -0.2) is 0 Å². The van der Waals surface area contributed by atoms with Crippen LogP contribution in [0.4, 0.5) is 0 Å². The van der Waals surface area contributed by atoms with Crippen molar-refractivity contribution in [1.29, 1.82) is 0 Å². The summed E-state index contributed by atoms with van der Waals surface area (Å²) in [6.45, 7) is 4.99. The predicted molar refractivity (Wildman–Crippen MR) is 310 cm³/mol. The number of carbonyl (C=O) groups is 2. The van der Waals surface area contributed by atoms with Gasteiger partial charge in [0.2, 0.25) is 5.91 Å². The molecule has 0 aromatic rings. The Bertz CT molecular complexity index is 1020. The molecule has 0 rings (SSSR count). The summed E-state index contributed by atoms with van der Waals surface area (Å²) in [5.41, 5.74) is 0. The van der Waals surface area contributed by atoms with Gasteiger partial charge in [-0.2, -0.15) is 0 Å². The Hall–Kier alpha value is -1.14. The summed E-state index contributed by atoms with van der Waals surface area (Å²) in [6, 6.07) is -0.544. The molecule has 0 saturated carbocycles. The minimum atomic E-state index is -0.667. The zero-order valence-corrected chi connectivity index (χ0v) is 48.5. The molecule has 0 heterocycles. The van der Waals surface area contributed by atoms with E-state index < -0.39 is 12.1 Å². The molecule has 0 radical (unpaired) electrons. The van der Waals surface area contributed by atoms with Crippen LogP contribution in [0.25, 0.3) is 0 Å². The first-order valence-electron chi connectivity index (χ1n) is 32.8. The van der Waals surface area contributed by atoms with Gasteiger partial charge < -0.3 is 20.3 Å². The first-order valence-corrected chi connectivity index (χ1v) is 32.8. The topological polar surface area (TPSA) is 95.9 Å². The van der Waals surface area contributed by atoms with E-state index in [2.05, 4.69) is 19.2 Å². The highest BCUT2D eigenvalue weighted by Crippen LogP contribution is 2.19.